The van der Waals surface area contributed by atoms with Crippen molar-refractivity contribution in [1.82, 2.24) is 20.0 Å². The second-order valence-corrected chi connectivity index (χ2v) is 7.08. The van der Waals surface area contributed by atoms with E-state index in [-0.39, 0.29) is 6.03 Å². The van der Waals surface area contributed by atoms with Crippen molar-refractivity contribution in [3.63, 3.8) is 0 Å². The van der Waals surface area contributed by atoms with Gasteiger partial charge in [-0.15, -0.1) is 0 Å². The molecule has 1 heterocycles. The molecule has 0 radical (unpaired) electrons. The Balaban J connectivity index is 1.80. The summed E-state index contributed by atoms with van der Waals surface area (Å²) in [7, 11) is 0. The number of urea groups is 1. The number of aromatic nitrogens is 2. The predicted molar refractivity (Wildman–Crippen MR) is 92.2 cm³/mol. The highest BCUT2D eigenvalue weighted by atomic mass is 32.2. The third-order valence-electron chi connectivity index (χ3n) is 4.13. The highest BCUT2D eigenvalue weighted by molar-refractivity contribution is 7.99. The molecule has 6 heteroatoms. The maximum absolute atomic E-state index is 12.5. The summed E-state index contributed by atoms with van der Waals surface area (Å²) in [5.74, 6) is 2.14. The Bertz CT molecular complexity index is 418. The van der Waals surface area contributed by atoms with Gasteiger partial charge in [-0.25, -0.2) is 4.79 Å². The Labute approximate surface area is 137 Å². The Hall–Kier alpha value is -1.17. The van der Waals surface area contributed by atoms with Crippen molar-refractivity contribution in [3.05, 3.63) is 18.5 Å². The summed E-state index contributed by atoms with van der Waals surface area (Å²) in [5, 5.41) is 7.22. The van der Waals surface area contributed by atoms with Gasteiger partial charge in [0.2, 0.25) is 0 Å². The predicted octanol–water partition coefficient (Wildman–Crippen LogP) is 2.98. The standard InChI is InChI=1S/C16H28N4OS/c1-2-22-14-13-20(15-7-4-3-5-8-15)16(21)17-10-12-19-11-6-9-18-19/h6,9,11,15H,2-5,7-8,10,12-14H2,1H3,(H,17,21). The van der Waals surface area contributed by atoms with Crippen molar-refractivity contribution in [2.75, 3.05) is 24.6 Å². The third kappa shape index (κ3) is 5.55. The van der Waals surface area contributed by atoms with E-state index in [1.165, 1.54) is 19.3 Å². The van der Waals surface area contributed by atoms with Crippen LogP contribution in [0.3, 0.4) is 0 Å². The second-order valence-electron chi connectivity index (χ2n) is 5.68. The number of hydrogen-bond donors (Lipinski definition) is 1. The van der Waals surface area contributed by atoms with E-state index in [0.29, 0.717) is 12.6 Å². The van der Waals surface area contributed by atoms with Gasteiger partial charge >= 0.3 is 6.03 Å². The Kier molecular flexibility index (Phi) is 7.63. The molecule has 1 aromatic heterocycles. The minimum absolute atomic E-state index is 0.0933. The second kappa shape index (κ2) is 9.77. The van der Waals surface area contributed by atoms with Crippen LogP contribution in [0.15, 0.2) is 18.5 Å². The molecule has 1 fully saturated rings. The highest BCUT2D eigenvalue weighted by Crippen LogP contribution is 2.23. The SMILES string of the molecule is CCSCCN(C(=O)NCCn1cccn1)C1CCCCC1. The van der Waals surface area contributed by atoms with Crippen molar-refractivity contribution in [3.8, 4) is 0 Å². The van der Waals surface area contributed by atoms with Gasteiger partial charge in [-0.2, -0.15) is 16.9 Å². The van der Waals surface area contributed by atoms with E-state index in [0.717, 1.165) is 37.4 Å². The van der Waals surface area contributed by atoms with E-state index in [4.69, 9.17) is 0 Å². The van der Waals surface area contributed by atoms with Crippen molar-refractivity contribution >= 4 is 17.8 Å². The molecule has 5 nitrogen and oxygen atoms in total. The minimum Gasteiger partial charge on any atom is -0.336 e. The number of rotatable bonds is 8. The minimum atomic E-state index is 0.0933. The fraction of sp³-hybridized carbons (Fsp3) is 0.750. The van der Waals surface area contributed by atoms with E-state index >= 15 is 0 Å². The van der Waals surface area contributed by atoms with E-state index in [1.807, 2.05) is 28.7 Å². The Morgan fingerprint density at radius 2 is 2.23 bits per heavy atom. The van der Waals surface area contributed by atoms with Gasteiger partial charge in [-0.05, 0) is 24.7 Å². The van der Waals surface area contributed by atoms with Gasteiger partial charge in [0, 0.05) is 37.3 Å². The first-order valence-corrected chi connectivity index (χ1v) is 9.56. The molecule has 0 spiro atoms. The van der Waals surface area contributed by atoms with E-state index in [1.54, 1.807) is 6.20 Å². The lowest BCUT2D eigenvalue weighted by molar-refractivity contribution is 0.160. The molecule has 0 bridgehead atoms. The number of hydrogen-bond acceptors (Lipinski definition) is 3. The molecular weight excluding hydrogens is 296 g/mol. The zero-order valence-electron chi connectivity index (χ0n) is 13.5. The Morgan fingerprint density at radius 3 is 2.91 bits per heavy atom. The third-order valence-corrected chi connectivity index (χ3v) is 5.01. The largest absolute Gasteiger partial charge is 0.336 e. The molecular formula is C16H28N4OS. The molecule has 1 aromatic rings. The monoisotopic (exact) mass is 324 g/mol. The molecule has 22 heavy (non-hydrogen) atoms. The molecule has 124 valence electrons. The first-order chi connectivity index (χ1) is 10.8. The van der Waals surface area contributed by atoms with Gasteiger partial charge < -0.3 is 10.2 Å². The number of thioether (sulfide) groups is 1. The summed E-state index contributed by atoms with van der Waals surface area (Å²) < 4.78 is 1.85. The zero-order chi connectivity index (χ0) is 15.6. The molecule has 0 atom stereocenters. The fourth-order valence-corrected chi connectivity index (χ4v) is 3.58. The van der Waals surface area contributed by atoms with Crippen LogP contribution in [0, 0.1) is 0 Å². The summed E-state index contributed by atoms with van der Waals surface area (Å²) >= 11 is 1.90. The van der Waals surface area contributed by atoms with Crippen LogP contribution >= 0.6 is 11.8 Å². The van der Waals surface area contributed by atoms with Gasteiger partial charge in [0.25, 0.3) is 0 Å². The van der Waals surface area contributed by atoms with Crippen LogP contribution in [0.4, 0.5) is 4.79 Å². The van der Waals surface area contributed by atoms with Gasteiger partial charge in [-0.1, -0.05) is 26.2 Å². The lowest BCUT2D eigenvalue weighted by Gasteiger charge is -2.34. The van der Waals surface area contributed by atoms with E-state index < -0.39 is 0 Å². The summed E-state index contributed by atoms with van der Waals surface area (Å²) in [6, 6.07) is 2.42. The first-order valence-electron chi connectivity index (χ1n) is 8.41. The maximum atomic E-state index is 12.5. The van der Waals surface area contributed by atoms with Crippen LogP contribution < -0.4 is 5.32 Å². The summed E-state index contributed by atoms with van der Waals surface area (Å²) in [6.45, 7) is 4.38. The number of nitrogens with one attached hydrogen (secondary N) is 1. The average molecular weight is 324 g/mol. The van der Waals surface area contributed by atoms with Crippen molar-refractivity contribution in [2.45, 2.75) is 51.6 Å². The molecule has 1 saturated carbocycles. The molecule has 1 aliphatic carbocycles. The number of amides is 2. The molecule has 0 unspecified atom stereocenters. The van der Waals surface area contributed by atoms with E-state index in [9.17, 15) is 4.79 Å². The van der Waals surface area contributed by atoms with Gasteiger partial charge in [-0.3, -0.25) is 4.68 Å². The van der Waals surface area contributed by atoms with Gasteiger partial charge in [0.15, 0.2) is 0 Å². The van der Waals surface area contributed by atoms with Gasteiger partial charge in [0.1, 0.15) is 0 Å². The van der Waals surface area contributed by atoms with Crippen LogP contribution in [0.25, 0.3) is 0 Å². The van der Waals surface area contributed by atoms with Crippen LogP contribution in [0.1, 0.15) is 39.0 Å². The van der Waals surface area contributed by atoms with Crippen molar-refractivity contribution < 1.29 is 4.79 Å². The lowest BCUT2D eigenvalue weighted by atomic mass is 9.94. The molecule has 0 saturated heterocycles. The number of carbonyl (C=O) groups excluding carboxylic acids is 1. The maximum Gasteiger partial charge on any atom is 0.317 e. The molecule has 2 amide bonds. The quantitative estimate of drug-likeness (QED) is 0.748. The molecule has 0 aromatic carbocycles. The molecule has 1 aliphatic rings. The summed E-state index contributed by atoms with van der Waals surface area (Å²) in [5.41, 5.74) is 0. The fourth-order valence-electron chi connectivity index (χ4n) is 2.96. The van der Waals surface area contributed by atoms with Crippen LogP contribution in [0.5, 0.6) is 0 Å². The van der Waals surface area contributed by atoms with Crippen LogP contribution in [0.2, 0.25) is 0 Å². The number of carbonyl (C=O) groups is 1. The molecule has 2 rings (SSSR count). The topological polar surface area (TPSA) is 50.2 Å². The average Bonchev–Trinajstić information content (AvgIpc) is 3.06. The Morgan fingerprint density at radius 1 is 1.41 bits per heavy atom. The van der Waals surface area contributed by atoms with Crippen LogP contribution in [-0.4, -0.2) is 51.3 Å². The molecule has 1 N–H and O–H groups in total. The van der Waals surface area contributed by atoms with Crippen molar-refractivity contribution in [1.29, 1.82) is 0 Å². The summed E-state index contributed by atoms with van der Waals surface area (Å²) in [6.07, 6.45) is 9.81. The van der Waals surface area contributed by atoms with Gasteiger partial charge in [0.05, 0.1) is 6.54 Å². The van der Waals surface area contributed by atoms with Crippen molar-refractivity contribution in [2.24, 2.45) is 0 Å². The summed E-state index contributed by atoms with van der Waals surface area (Å²) in [4.78, 5) is 14.6. The first kappa shape index (κ1) is 17.2. The number of nitrogens with zero attached hydrogens (tertiary/aromatic N) is 3. The smallest absolute Gasteiger partial charge is 0.317 e. The normalized spacial score (nSPS) is 15.7. The lowest BCUT2D eigenvalue weighted by Crippen LogP contribution is -2.48. The zero-order valence-corrected chi connectivity index (χ0v) is 14.4. The van der Waals surface area contributed by atoms with E-state index in [2.05, 4.69) is 22.2 Å². The molecule has 0 aliphatic heterocycles. The van der Waals surface area contributed by atoms with Crippen LogP contribution in [-0.2, 0) is 6.54 Å². The highest BCUT2D eigenvalue weighted by Gasteiger charge is 2.24.